The van der Waals surface area contributed by atoms with E-state index in [-0.39, 0.29) is 5.91 Å². The van der Waals surface area contributed by atoms with Gasteiger partial charge in [-0.1, -0.05) is 102 Å². The number of rotatable bonds is 7. The molecule has 3 heterocycles. The van der Waals surface area contributed by atoms with Crippen LogP contribution in [0.3, 0.4) is 0 Å². The van der Waals surface area contributed by atoms with Crippen molar-refractivity contribution in [3.8, 4) is 28.2 Å². The highest BCUT2D eigenvalue weighted by atomic mass is 32.2. The Morgan fingerprint density at radius 2 is 1.53 bits per heavy atom. The van der Waals surface area contributed by atoms with Crippen molar-refractivity contribution in [2.24, 2.45) is 4.99 Å². The molecular weight excluding hydrogens is 571 g/mol. The normalized spacial score (nSPS) is 15.2. The molecule has 0 spiro atoms. The number of thioether (sulfide) groups is 1. The molecule has 0 saturated carbocycles. The number of thiazole rings is 1. The van der Waals surface area contributed by atoms with Crippen LogP contribution < -0.4 is 0 Å². The Kier molecular flexibility index (Phi) is 7.28. The van der Waals surface area contributed by atoms with Gasteiger partial charge < -0.3 is 0 Å². The van der Waals surface area contributed by atoms with Crippen molar-refractivity contribution in [1.29, 1.82) is 0 Å². The summed E-state index contributed by atoms with van der Waals surface area (Å²) in [6.45, 7) is 4.21. The predicted molar refractivity (Wildman–Crippen MR) is 179 cm³/mol. The first-order valence-electron chi connectivity index (χ1n) is 13.7. The van der Waals surface area contributed by atoms with Crippen LogP contribution in [-0.2, 0) is 4.79 Å². The lowest BCUT2D eigenvalue weighted by Crippen LogP contribution is -2.29. The minimum Gasteiger partial charge on any atom is -0.282 e. The monoisotopic (exact) mass is 595 g/mol. The van der Waals surface area contributed by atoms with Gasteiger partial charge in [-0.2, -0.15) is 10.1 Å². The summed E-state index contributed by atoms with van der Waals surface area (Å²) in [6, 6.07) is 38.6. The summed E-state index contributed by atoms with van der Waals surface area (Å²) in [7, 11) is 0. The summed E-state index contributed by atoms with van der Waals surface area (Å²) < 4.78 is 3.03. The quantitative estimate of drug-likeness (QED) is 0.137. The Morgan fingerprint density at radius 1 is 0.837 bits per heavy atom. The predicted octanol–water partition coefficient (Wildman–Crippen LogP) is 8.61. The van der Waals surface area contributed by atoms with Gasteiger partial charge in [-0.3, -0.25) is 9.69 Å². The molecule has 0 unspecified atom stereocenters. The van der Waals surface area contributed by atoms with Gasteiger partial charge in [0.05, 0.1) is 32.2 Å². The maximum Gasteiger partial charge on any atom is 0.267 e. The first kappa shape index (κ1) is 26.8. The third kappa shape index (κ3) is 5.46. The average Bonchev–Trinajstić information content (AvgIpc) is 3.75. The molecular formula is C35H25N5OS2. The summed E-state index contributed by atoms with van der Waals surface area (Å²) in [6.07, 6.45) is 3.62. The highest BCUT2D eigenvalue weighted by molar-refractivity contribution is 8.18. The van der Waals surface area contributed by atoms with E-state index in [9.17, 15) is 4.79 Å². The fourth-order valence-corrected chi connectivity index (χ4v) is 6.76. The van der Waals surface area contributed by atoms with E-state index in [1.165, 1.54) is 23.1 Å². The van der Waals surface area contributed by atoms with Crippen molar-refractivity contribution in [2.75, 3.05) is 6.54 Å². The Balaban J connectivity index is 1.20. The van der Waals surface area contributed by atoms with Crippen LogP contribution in [0.2, 0.25) is 0 Å². The lowest BCUT2D eigenvalue weighted by atomic mass is 10.1. The van der Waals surface area contributed by atoms with Crippen molar-refractivity contribution >= 4 is 55.6 Å². The number of aromatic nitrogens is 3. The number of para-hydroxylation sites is 1. The molecule has 43 heavy (non-hydrogen) atoms. The largest absolute Gasteiger partial charge is 0.282 e. The van der Waals surface area contributed by atoms with E-state index >= 15 is 0 Å². The van der Waals surface area contributed by atoms with Gasteiger partial charge in [0.2, 0.25) is 5.13 Å². The summed E-state index contributed by atoms with van der Waals surface area (Å²) in [5.41, 5.74) is 6.79. The Morgan fingerprint density at radius 3 is 2.26 bits per heavy atom. The van der Waals surface area contributed by atoms with E-state index < -0.39 is 0 Å². The molecule has 1 aliphatic rings. The molecule has 0 radical (unpaired) electrons. The van der Waals surface area contributed by atoms with Crippen molar-refractivity contribution in [3.05, 3.63) is 138 Å². The van der Waals surface area contributed by atoms with Gasteiger partial charge >= 0.3 is 0 Å². The molecule has 0 aliphatic carbocycles. The van der Waals surface area contributed by atoms with Gasteiger partial charge in [-0.15, -0.1) is 6.58 Å². The fraction of sp³-hybridized carbons (Fsp3) is 0.0286. The van der Waals surface area contributed by atoms with Crippen LogP contribution in [0, 0.1) is 0 Å². The van der Waals surface area contributed by atoms with Crippen LogP contribution in [-0.4, -0.2) is 37.3 Å². The van der Waals surface area contributed by atoms with Crippen molar-refractivity contribution < 1.29 is 4.79 Å². The molecule has 2 aromatic heterocycles. The second kappa shape index (κ2) is 11.7. The number of aliphatic imine (C=N–C) groups is 1. The van der Waals surface area contributed by atoms with Gasteiger partial charge in [0, 0.05) is 17.7 Å². The number of carbonyl (C=O) groups is 1. The lowest BCUT2D eigenvalue weighted by Gasteiger charge is -2.11. The van der Waals surface area contributed by atoms with Crippen molar-refractivity contribution in [3.63, 3.8) is 0 Å². The van der Waals surface area contributed by atoms with E-state index in [2.05, 4.69) is 41.9 Å². The maximum atomic E-state index is 13.4. The van der Waals surface area contributed by atoms with Gasteiger partial charge in [-0.05, 0) is 53.7 Å². The molecule has 0 N–H and O–H groups in total. The summed E-state index contributed by atoms with van der Waals surface area (Å²) >= 11 is 2.86. The second-order valence-corrected chi connectivity index (χ2v) is 11.8. The van der Waals surface area contributed by atoms with Crippen LogP contribution >= 0.6 is 23.1 Å². The zero-order valence-electron chi connectivity index (χ0n) is 23.0. The zero-order valence-corrected chi connectivity index (χ0v) is 24.6. The third-order valence-corrected chi connectivity index (χ3v) is 8.89. The maximum absolute atomic E-state index is 13.4. The Labute approximate surface area is 257 Å². The van der Waals surface area contributed by atoms with Crippen molar-refractivity contribution in [2.45, 2.75) is 0 Å². The van der Waals surface area contributed by atoms with Gasteiger partial charge in [-0.25, -0.2) is 9.67 Å². The van der Waals surface area contributed by atoms with Crippen LogP contribution in [0.5, 0.6) is 0 Å². The van der Waals surface area contributed by atoms with E-state index in [1.54, 1.807) is 11.0 Å². The van der Waals surface area contributed by atoms with E-state index in [1.807, 2.05) is 95.7 Å². The van der Waals surface area contributed by atoms with Gasteiger partial charge in [0.25, 0.3) is 5.91 Å². The molecule has 1 saturated heterocycles. The minimum absolute atomic E-state index is 0.0974. The molecule has 1 amide bonds. The Bertz CT molecular complexity index is 1980. The zero-order chi connectivity index (χ0) is 29.2. The highest BCUT2D eigenvalue weighted by Gasteiger charge is 2.33. The number of nitrogens with zero attached hydrogens (tertiary/aromatic N) is 5. The molecule has 4 aromatic carbocycles. The van der Waals surface area contributed by atoms with Gasteiger partial charge in [0.1, 0.15) is 0 Å². The number of benzene rings is 4. The minimum atomic E-state index is -0.0974. The molecule has 1 fully saturated rings. The van der Waals surface area contributed by atoms with Crippen LogP contribution in [0.4, 0.5) is 5.13 Å². The molecule has 7 rings (SSSR count). The first-order valence-corrected chi connectivity index (χ1v) is 15.4. The van der Waals surface area contributed by atoms with Crippen molar-refractivity contribution in [1.82, 2.24) is 19.7 Å². The lowest BCUT2D eigenvalue weighted by molar-refractivity contribution is -0.121. The summed E-state index contributed by atoms with van der Waals surface area (Å²) in [5.74, 6) is -0.0974. The van der Waals surface area contributed by atoms with Crippen LogP contribution in [0.1, 0.15) is 5.56 Å². The molecule has 1 aliphatic heterocycles. The van der Waals surface area contributed by atoms with E-state index in [0.29, 0.717) is 21.7 Å². The molecule has 208 valence electrons. The summed E-state index contributed by atoms with van der Waals surface area (Å²) in [4.78, 5) is 25.0. The third-order valence-electron chi connectivity index (χ3n) is 6.96. The molecule has 0 bridgehead atoms. The van der Waals surface area contributed by atoms with E-state index in [0.717, 1.165) is 44.0 Å². The fourth-order valence-electron chi connectivity index (χ4n) is 4.88. The molecule has 6 aromatic rings. The van der Waals surface area contributed by atoms with Gasteiger partial charge in [0.15, 0.2) is 5.17 Å². The number of carbonyl (C=O) groups excluding carboxylic acids is 1. The summed E-state index contributed by atoms with van der Waals surface area (Å²) in [5, 5.41) is 6.20. The van der Waals surface area contributed by atoms with Crippen LogP contribution in [0.25, 0.3) is 44.5 Å². The average molecular weight is 596 g/mol. The number of fused-ring (bicyclic) bond motifs is 1. The number of amides is 1. The van der Waals surface area contributed by atoms with Crippen LogP contribution in [0.15, 0.2) is 138 Å². The standard InChI is InChI=1S/C35H25N5OS2/c1-2-21-39-33(41)32(43-35(39)37-34-36-28-15-9-10-16-31(28)42-34)22-24-17-19-27(20-18-24)40-30(26-13-7-4-8-14-26)23-29(38-40)25-11-5-3-6-12-25/h2-20,22-23H,1,21H2. The topological polar surface area (TPSA) is 63.4 Å². The highest BCUT2D eigenvalue weighted by Crippen LogP contribution is 2.36. The number of hydrogen-bond acceptors (Lipinski definition) is 6. The molecule has 6 nitrogen and oxygen atoms in total. The Hall–Kier alpha value is -5.05. The van der Waals surface area contributed by atoms with E-state index in [4.69, 9.17) is 10.1 Å². The second-order valence-electron chi connectivity index (χ2n) is 9.82. The smallest absolute Gasteiger partial charge is 0.267 e. The molecule has 8 heteroatoms. The molecule has 0 atom stereocenters. The first-order chi connectivity index (χ1) is 21.2. The number of hydrogen-bond donors (Lipinski definition) is 0. The SMILES string of the molecule is C=CCN1C(=O)C(=Cc2ccc(-n3nc(-c4ccccc4)cc3-c3ccccc3)cc2)SC1=Nc1nc2ccccc2s1. The number of amidine groups is 1.